The molecule has 0 aromatic heterocycles. The Balaban J connectivity index is 2.12. The van der Waals surface area contributed by atoms with Gasteiger partial charge < -0.3 is 0 Å². The van der Waals surface area contributed by atoms with E-state index in [-0.39, 0.29) is 12.0 Å². The van der Waals surface area contributed by atoms with Crippen LogP contribution in [0.2, 0.25) is 0 Å². The van der Waals surface area contributed by atoms with Crippen LogP contribution in [-0.2, 0) is 10.0 Å². The first-order chi connectivity index (χ1) is 11.6. The molecule has 5 heteroatoms. The van der Waals surface area contributed by atoms with Gasteiger partial charge in [-0.1, -0.05) is 44.5 Å². The van der Waals surface area contributed by atoms with E-state index in [1.54, 1.807) is 16.4 Å². The molecule has 0 unspecified atom stereocenters. The van der Waals surface area contributed by atoms with Crippen LogP contribution in [0, 0.1) is 29.6 Å². The van der Waals surface area contributed by atoms with Crippen molar-refractivity contribution in [2.75, 3.05) is 6.54 Å². The van der Waals surface area contributed by atoms with Crippen molar-refractivity contribution in [3.8, 4) is 6.07 Å². The summed E-state index contributed by atoms with van der Waals surface area (Å²) < 4.78 is 28.4. The van der Waals surface area contributed by atoms with E-state index in [4.69, 9.17) is 0 Å². The maximum atomic E-state index is 13.4. The molecule has 1 aromatic carbocycles. The highest BCUT2D eigenvalue weighted by Crippen LogP contribution is 2.54. The maximum absolute atomic E-state index is 13.4. The fraction of sp³-hybridized carbons (Fsp3) is 0.550. The lowest BCUT2D eigenvalue weighted by Gasteiger charge is -2.48. The number of aryl methyl sites for hydroxylation is 1. The van der Waals surface area contributed by atoms with Crippen LogP contribution in [-0.4, -0.2) is 24.8 Å². The van der Waals surface area contributed by atoms with Crippen LogP contribution in [0.5, 0.6) is 0 Å². The van der Waals surface area contributed by atoms with E-state index < -0.39 is 21.5 Å². The summed E-state index contributed by atoms with van der Waals surface area (Å²) in [6.45, 7) is 10.6. The van der Waals surface area contributed by atoms with Gasteiger partial charge in [-0.2, -0.15) is 9.57 Å². The van der Waals surface area contributed by atoms with Gasteiger partial charge >= 0.3 is 0 Å². The SMILES string of the molecule is C=C1CN(S(=O)(=O)c2ccc(C)cc2)[C@@]2(CCCC(C)(C)C2)[C@@H]1C#N. The standard InChI is InChI=1S/C20H26N2O2S/c1-15-6-8-17(9-7-15)25(23,24)22-13-16(2)18(12-21)20(22)11-5-10-19(3,4)14-20/h6-9,18H,2,5,10-11,13-14H2,1,3-4H3/t18-,20-/m1/s1. The minimum Gasteiger partial charge on any atom is -0.207 e. The Morgan fingerprint density at radius 3 is 2.44 bits per heavy atom. The smallest absolute Gasteiger partial charge is 0.207 e. The van der Waals surface area contributed by atoms with Crippen LogP contribution in [0.1, 0.15) is 45.1 Å². The van der Waals surface area contributed by atoms with Crippen molar-refractivity contribution in [1.82, 2.24) is 4.31 Å². The number of sulfonamides is 1. The molecule has 1 aromatic rings. The number of nitrogens with zero attached hydrogens (tertiary/aromatic N) is 2. The third-order valence-corrected chi connectivity index (χ3v) is 7.72. The van der Waals surface area contributed by atoms with Crippen molar-refractivity contribution in [2.45, 2.75) is 56.9 Å². The Labute approximate surface area is 151 Å². The molecular formula is C20H26N2O2S. The summed E-state index contributed by atoms with van der Waals surface area (Å²) >= 11 is 0. The Bertz CT molecular complexity index is 833. The Morgan fingerprint density at radius 2 is 1.88 bits per heavy atom. The number of rotatable bonds is 2. The van der Waals surface area contributed by atoms with Gasteiger partial charge in [-0.15, -0.1) is 0 Å². The summed E-state index contributed by atoms with van der Waals surface area (Å²) in [6.07, 6.45) is 3.40. The normalized spacial score (nSPS) is 29.7. The topological polar surface area (TPSA) is 61.2 Å². The third kappa shape index (κ3) is 2.92. The fourth-order valence-electron chi connectivity index (χ4n) is 4.67. The van der Waals surface area contributed by atoms with Crippen molar-refractivity contribution in [2.24, 2.45) is 11.3 Å². The lowest BCUT2D eigenvalue weighted by atomic mass is 9.64. The van der Waals surface area contributed by atoms with Crippen LogP contribution < -0.4 is 0 Å². The zero-order chi connectivity index (χ0) is 18.5. The molecule has 134 valence electrons. The predicted molar refractivity (Wildman–Crippen MR) is 98.3 cm³/mol. The molecule has 0 bridgehead atoms. The minimum absolute atomic E-state index is 0.0129. The highest BCUT2D eigenvalue weighted by atomic mass is 32.2. The maximum Gasteiger partial charge on any atom is 0.243 e. The van der Waals surface area contributed by atoms with Crippen LogP contribution in [0.4, 0.5) is 0 Å². The van der Waals surface area contributed by atoms with Crippen molar-refractivity contribution >= 4 is 10.0 Å². The average molecular weight is 359 g/mol. The fourth-order valence-corrected chi connectivity index (χ4v) is 6.48. The number of hydrogen-bond donors (Lipinski definition) is 0. The molecule has 2 aliphatic rings. The van der Waals surface area contributed by atoms with E-state index in [2.05, 4.69) is 26.5 Å². The van der Waals surface area contributed by atoms with Crippen molar-refractivity contribution in [3.63, 3.8) is 0 Å². The van der Waals surface area contributed by atoms with E-state index in [9.17, 15) is 13.7 Å². The first-order valence-corrected chi connectivity index (χ1v) is 10.2. The van der Waals surface area contributed by atoms with Crippen molar-refractivity contribution in [3.05, 3.63) is 42.0 Å². The first kappa shape index (κ1) is 18.2. The van der Waals surface area contributed by atoms with Crippen LogP contribution >= 0.6 is 0 Å². The highest BCUT2D eigenvalue weighted by molar-refractivity contribution is 7.89. The lowest BCUT2D eigenvalue weighted by Crippen LogP contribution is -2.54. The lowest BCUT2D eigenvalue weighted by molar-refractivity contribution is 0.0681. The van der Waals surface area contributed by atoms with E-state index in [0.717, 1.165) is 30.4 Å². The summed E-state index contributed by atoms with van der Waals surface area (Å²) in [5.41, 5.74) is 1.08. The number of nitriles is 1. The minimum atomic E-state index is -3.67. The van der Waals surface area contributed by atoms with Gasteiger partial charge in [-0.05, 0) is 49.3 Å². The molecule has 4 nitrogen and oxygen atoms in total. The highest BCUT2D eigenvalue weighted by Gasteiger charge is 2.58. The molecule has 3 rings (SSSR count). The molecular weight excluding hydrogens is 332 g/mol. The van der Waals surface area contributed by atoms with Crippen LogP contribution in [0.25, 0.3) is 0 Å². The van der Waals surface area contributed by atoms with Gasteiger partial charge in [-0.25, -0.2) is 8.42 Å². The van der Waals surface area contributed by atoms with Gasteiger partial charge in [0.05, 0.1) is 22.4 Å². The molecule has 0 N–H and O–H groups in total. The Morgan fingerprint density at radius 1 is 1.24 bits per heavy atom. The molecule has 25 heavy (non-hydrogen) atoms. The molecule has 1 spiro atoms. The predicted octanol–water partition coefficient (Wildman–Crippen LogP) is 4.03. The number of hydrogen-bond acceptors (Lipinski definition) is 3. The zero-order valence-electron chi connectivity index (χ0n) is 15.2. The molecule has 1 saturated heterocycles. The van der Waals surface area contributed by atoms with Gasteiger partial charge in [0.1, 0.15) is 0 Å². The second-order valence-electron chi connectivity index (χ2n) is 8.34. The van der Waals surface area contributed by atoms with Crippen molar-refractivity contribution in [1.29, 1.82) is 5.26 Å². The third-order valence-electron chi connectivity index (χ3n) is 5.77. The summed E-state index contributed by atoms with van der Waals surface area (Å²) in [6, 6.07) is 9.33. The van der Waals surface area contributed by atoms with Gasteiger partial charge in [0.15, 0.2) is 0 Å². The summed E-state index contributed by atoms with van der Waals surface area (Å²) in [7, 11) is -3.67. The second-order valence-corrected chi connectivity index (χ2v) is 10.2. The zero-order valence-corrected chi connectivity index (χ0v) is 16.1. The van der Waals surface area contributed by atoms with Crippen LogP contribution in [0.3, 0.4) is 0 Å². The monoisotopic (exact) mass is 358 g/mol. The largest absolute Gasteiger partial charge is 0.243 e. The summed E-state index contributed by atoms with van der Waals surface area (Å²) in [4.78, 5) is 0.298. The quantitative estimate of drug-likeness (QED) is 0.750. The molecule has 2 atom stereocenters. The Kier molecular flexibility index (Phi) is 4.33. The molecule has 1 aliphatic heterocycles. The van der Waals surface area contributed by atoms with E-state index in [0.29, 0.717) is 11.3 Å². The molecule has 2 fully saturated rings. The Hall–Kier alpha value is -1.64. The summed E-state index contributed by atoms with van der Waals surface area (Å²) in [5.74, 6) is -0.438. The molecule has 1 saturated carbocycles. The van der Waals surface area contributed by atoms with Gasteiger partial charge in [0, 0.05) is 6.54 Å². The molecule has 1 heterocycles. The van der Waals surface area contributed by atoms with E-state index in [1.165, 1.54) is 0 Å². The summed E-state index contributed by atoms with van der Waals surface area (Å²) in [5, 5.41) is 9.78. The van der Waals surface area contributed by atoms with Gasteiger partial charge in [0.25, 0.3) is 0 Å². The second kappa shape index (κ2) is 5.96. The average Bonchev–Trinajstić information content (AvgIpc) is 2.78. The van der Waals surface area contributed by atoms with Gasteiger partial charge in [0.2, 0.25) is 10.0 Å². The van der Waals surface area contributed by atoms with Crippen molar-refractivity contribution < 1.29 is 8.42 Å². The first-order valence-electron chi connectivity index (χ1n) is 8.79. The number of benzene rings is 1. The molecule has 0 radical (unpaired) electrons. The van der Waals surface area contributed by atoms with Crippen LogP contribution in [0.15, 0.2) is 41.3 Å². The van der Waals surface area contributed by atoms with E-state index >= 15 is 0 Å². The molecule has 1 aliphatic carbocycles. The van der Waals surface area contributed by atoms with E-state index in [1.807, 2.05) is 19.1 Å². The molecule has 0 amide bonds. The van der Waals surface area contributed by atoms with Gasteiger partial charge in [-0.3, -0.25) is 0 Å².